The Morgan fingerprint density at radius 3 is 2.48 bits per heavy atom. The zero-order valence-corrected chi connectivity index (χ0v) is 11.5. The number of amides is 2. The van der Waals surface area contributed by atoms with Crippen LogP contribution < -0.4 is 10.6 Å². The fraction of sp³-hybridized carbons (Fsp3) is 0.357. The number of hydrogen-bond donors (Lipinski definition) is 3. The lowest BCUT2D eigenvalue weighted by Crippen LogP contribution is -2.39. The van der Waals surface area contributed by atoms with Crippen LogP contribution in [0.5, 0.6) is 0 Å². The molecular formula is C14H17F3N2O2. The first-order chi connectivity index (χ1) is 9.99. The Hall–Kier alpha value is -2.02. The van der Waals surface area contributed by atoms with Gasteiger partial charge in [-0.05, 0) is 31.0 Å². The molecule has 0 spiro atoms. The van der Waals surface area contributed by atoms with Crippen LogP contribution in [-0.4, -0.2) is 24.3 Å². The highest BCUT2D eigenvalue weighted by atomic mass is 19.2. The van der Waals surface area contributed by atoms with Crippen LogP contribution >= 0.6 is 0 Å². The van der Waals surface area contributed by atoms with Crippen LogP contribution in [0.15, 0.2) is 24.3 Å². The van der Waals surface area contributed by atoms with Gasteiger partial charge in [-0.25, -0.2) is 18.0 Å². The number of benzene rings is 1. The highest BCUT2D eigenvalue weighted by Crippen LogP contribution is 2.19. The van der Waals surface area contributed by atoms with Gasteiger partial charge >= 0.3 is 6.03 Å². The lowest BCUT2D eigenvalue weighted by molar-refractivity contribution is 0.216. The normalized spacial score (nSPS) is 12.4. The molecule has 1 aromatic carbocycles. The molecule has 1 aromatic rings. The van der Waals surface area contributed by atoms with Gasteiger partial charge in [0.2, 0.25) is 0 Å². The van der Waals surface area contributed by atoms with Crippen molar-refractivity contribution in [3.8, 4) is 0 Å². The third kappa shape index (κ3) is 5.11. The molecule has 21 heavy (non-hydrogen) atoms. The number of aliphatic hydroxyl groups excluding tert-OH is 1. The summed E-state index contributed by atoms with van der Waals surface area (Å²) in [6.45, 7) is 1.65. The zero-order chi connectivity index (χ0) is 15.8. The van der Waals surface area contributed by atoms with E-state index in [1.807, 2.05) is 19.1 Å². The van der Waals surface area contributed by atoms with E-state index in [1.54, 1.807) is 0 Å². The molecule has 3 N–H and O–H groups in total. The van der Waals surface area contributed by atoms with Crippen molar-refractivity contribution in [2.24, 2.45) is 0 Å². The smallest absolute Gasteiger partial charge is 0.315 e. The molecule has 1 rings (SSSR count). The van der Waals surface area contributed by atoms with Crippen molar-refractivity contribution in [2.75, 3.05) is 13.2 Å². The minimum absolute atomic E-state index is 0.0579. The van der Waals surface area contributed by atoms with Gasteiger partial charge in [-0.3, -0.25) is 0 Å². The lowest BCUT2D eigenvalue weighted by atomic mass is 10.1. The van der Waals surface area contributed by atoms with Gasteiger partial charge in [0.1, 0.15) is 0 Å². The number of urea groups is 1. The summed E-state index contributed by atoms with van der Waals surface area (Å²) in [6, 6.07) is -0.154. The molecule has 1 unspecified atom stereocenters. The summed E-state index contributed by atoms with van der Waals surface area (Å²) in [5.41, 5.74) is -0.0579. The zero-order valence-electron chi connectivity index (χ0n) is 11.5. The minimum Gasteiger partial charge on any atom is -0.394 e. The van der Waals surface area contributed by atoms with Crippen molar-refractivity contribution < 1.29 is 23.1 Å². The molecule has 116 valence electrons. The first kappa shape index (κ1) is 17.0. The van der Waals surface area contributed by atoms with E-state index in [9.17, 15) is 23.1 Å². The molecule has 1 atom stereocenters. The summed E-state index contributed by atoms with van der Waals surface area (Å²) in [4.78, 5) is 11.6. The molecule has 7 heteroatoms. The second kappa shape index (κ2) is 8.31. The fourth-order valence-electron chi connectivity index (χ4n) is 1.66. The van der Waals surface area contributed by atoms with Crippen molar-refractivity contribution in [3.05, 3.63) is 47.3 Å². The van der Waals surface area contributed by atoms with E-state index in [2.05, 4.69) is 10.6 Å². The van der Waals surface area contributed by atoms with E-state index in [4.69, 9.17) is 0 Å². The predicted octanol–water partition coefficient (Wildman–Crippen LogP) is 2.40. The molecule has 2 amide bonds. The maximum atomic E-state index is 13.1. The van der Waals surface area contributed by atoms with E-state index in [0.717, 1.165) is 12.1 Å². The van der Waals surface area contributed by atoms with Gasteiger partial charge in [-0.2, -0.15) is 0 Å². The second-order valence-corrected chi connectivity index (χ2v) is 4.29. The van der Waals surface area contributed by atoms with Crippen LogP contribution in [0.3, 0.4) is 0 Å². The van der Waals surface area contributed by atoms with Gasteiger partial charge in [-0.15, -0.1) is 0 Å². The fourth-order valence-corrected chi connectivity index (χ4v) is 1.66. The van der Waals surface area contributed by atoms with Gasteiger partial charge in [-0.1, -0.05) is 12.2 Å². The first-order valence-electron chi connectivity index (χ1n) is 6.40. The van der Waals surface area contributed by atoms with E-state index >= 15 is 0 Å². The topological polar surface area (TPSA) is 61.4 Å². The molecule has 0 aliphatic heterocycles. The number of carbonyl (C=O) groups is 1. The van der Waals surface area contributed by atoms with Crippen LogP contribution in [-0.2, 0) is 0 Å². The molecule has 0 bridgehead atoms. The van der Waals surface area contributed by atoms with Crippen molar-refractivity contribution in [1.82, 2.24) is 10.6 Å². The Bertz CT molecular complexity index is 498. The Balaban J connectivity index is 2.68. The number of allylic oxidation sites excluding steroid dienone is 1. The maximum absolute atomic E-state index is 13.1. The summed E-state index contributed by atoms with van der Waals surface area (Å²) < 4.78 is 39.1. The van der Waals surface area contributed by atoms with E-state index in [0.29, 0.717) is 13.0 Å². The lowest BCUT2D eigenvalue weighted by Gasteiger charge is -2.17. The number of hydrogen-bond acceptors (Lipinski definition) is 2. The predicted molar refractivity (Wildman–Crippen MR) is 72.1 cm³/mol. The molecule has 0 aliphatic rings. The van der Waals surface area contributed by atoms with Crippen LogP contribution in [0, 0.1) is 17.5 Å². The van der Waals surface area contributed by atoms with Crippen molar-refractivity contribution in [1.29, 1.82) is 0 Å². The van der Waals surface area contributed by atoms with Crippen LogP contribution in [0.1, 0.15) is 24.9 Å². The maximum Gasteiger partial charge on any atom is 0.315 e. The summed E-state index contributed by atoms with van der Waals surface area (Å²) in [7, 11) is 0. The highest BCUT2D eigenvalue weighted by Gasteiger charge is 2.18. The van der Waals surface area contributed by atoms with Gasteiger partial charge in [0.05, 0.1) is 12.6 Å². The van der Waals surface area contributed by atoms with Crippen molar-refractivity contribution in [2.45, 2.75) is 19.4 Å². The molecule has 0 radical (unpaired) electrons. The van der Waals surface area contributed by atoms with Crippen molar-refractivity contribution in [3.63, 3.8) is 0 Å². The molecule has 0 heterocycles. The average molecular weight is 302 g/mol. The third-order valence-corrected chi connectivity index (χ3v) is 2.73. The third-order valence-electron chi connectivity index (χ3n) is 2.73. The van der Waals surface area contributed by atoms with Crippen molar-refractivity contribution >= 4 is 6.03 Å². The SMILES string of the molecule is C/C=C/CCNC(=O)NC(CO)c1cc(F)c(F)c(F)c1. The molecule has 4 nitrogen and oxygen atoms in total. The quantitative estimate of drug-likeness (QED) is 0.429. The average Bonchev–Trinajstić information content (AvgIpc) is 2.46. The van der Waals surface area contributed by atoms with E-state index in [-0.39, 0.29) is 5.56 Å². The minimum atomic E-state index is -1.59. The monoisotopic (exact) mass is 302 g/mol. The van der Waals surface area contributed by atoms with Gasteiger partial charge in [0.25, 0.3) is 0 Å². The van der Waals surface area contributed by atoms with Crippen LogP contribution in [0.4, 0.5) is 18.0 Å². The largest absolute Gasteiger partial charge is 0.394 e. The Kier molecular flexibility index (Phi) is 6.74. The highest BCUT2D eigenvalue weighted by molar-refractivity contribution is 5.74. The standard InChI is InChI=1S/C14H17F3N2O2/c1-2-3-4-5-18-14(21)19-12(8-20)9-6-10(15)13(17)11(16)7-9/h2-3,6-7,12,20H,4-5,8H2,1H3,(H2,18,19,21)/b3-2+. The number of nitrogens with one attached hydrogen (secondary N) is 2. The number of aliphatic hydroxyl groups is 1. The Morgan fingerprint density at radius 1 is 1.33 bits per heavy atom. The molecule has 0 aliphatic carbocycles. The summed E-state index contributed by atoms with van der Waals surface area (Å²) in [5, 5.41) is 14.1. The Labute approximate surface area is 120 Å². The van der Waals surface area contributed by atoms with Crippen LogP contribution in [0.2, 0.25) is 0 Å². The molecular weight excluding hydrogens is 285 g/mol. The number of halogens is 3. The second-order valence-electron chi connectivity index (χ2n) is 4.29. The molecule has 0 fully saturated rings. The summed E-state index contributed by atoms with van der Waals surface area (Å²) in [5.74, 6) is -4.34. The molecule has 0 saturated heterocycles. The van der Waals surface area contributed by atoms with Crippen LogP contribution in [0.25, 0.3) is 0 Å². The first-order valence-corrected chi connectivity index (χ1v) is 6.40. The summed E-state index contributed by atoms with van der Waals surface area (Å²) >= 11 is 0. The molecule has 0 aromatic heterocycles. The van der Waals surface area contributed by atoms with Gasteiger partial charge in [0.15, 0.2) is 17.5 Å². The Morgan fingerprint density at radius 2 is 1.95 bits per heavy atom. The van der Waals surface area contributed by atoms with E-state index < -0.39 is 36.1 Å². The number of carbonyl (C=O) groups excluding carboxylic acids is 1. The van der Waals surface area contributed by atoms with E-state index in [1.165, 1.54) is 0 Å². The van der Waals surface area contributed by atoms with Gasteiger partial charge < -0.3 is 15.7 Å². The summed E-state index contributed by atoms with van der Waals surface area (Å²) in [6.07, 6.45) is 4.32. The molecule has 0 saturated carbocycles. The number of rotatable bonds is 6. The van der Waals surface area contributed by atoms with Gasteiger partial charge in [0, 0.05) is 6.54 Å².